The zero-order chi connectivity index (χ0) is 27.1. The van der Waals surface area contributed by atoms with E-state index in [0.29, 0.717) is 11.4 Å². The number of carboxylic acids is 2. The van der Waals surface area contributed by atoms with Crippen LogP contribution in [0.2, 0.25) is 0 Å². The lowest BCUT2D eigenvalue weighted by molar-refractivity contribution is -0.142. The molecule has 0 heterocycles. The summed E-state index contributed by atoms with van der Waals surface area (Å²) in [4.78, 5) is 66.5. The zero-order valence-electron chi connectivity index (χ0n) is 19.7. The molecule has 0 aliphatic carbocycles. The van der Waals surface area contributed by atoms with Crippen molar-refractivity contribution in [3.8, 4) is 0 Å². The van der Waals surface area contributed by atoms with E-state index < -0.39 is 54.1 Å². The molecule has 4 amide bonds. The van der Waals surface area contributed by atoms with Crippen molar-refractivity contribution in [3.05, 3.63) is 60.7 Å². The van der Waals surface area contributed by atoms with Crippen LogP contribution in [-0.4, -0.2) is 57.9 Å². The molecule has 6 N–H and O–H groups in total. The number of hydrogen-bond donors (Lipinski definition) is 6. The topological polar surface area (TPSA) is 191 Å². The van der Waals surface area contributed by atoms with Crippen LogP contribution in [0.5, 0.6) is 0 Å². The van der Waals surface area contributed by atoms with Gasteiger partial charge in [-0.15, -0.1) is 0 Å². The van der Waals surface area contributed by atoms with Crippen molar-refractivity contribution in [2.45, 2.75) is 38.8 Å². The molecule has 2 rings (SSSR count). The fourth-order valence-corrected chi connectivity index (χ4v) is 2.74. The molecule has 12 heteroatoms. The van der Waals surface area contributed by atoms with Gasteiger partial charge in [0.05, 0.1) is 12.8 Å². The average Bonchev–Trinajstić information content (AvgIpc) is 2.79. The van der Waals surface area contributed by atoms with Gasteiger partial charge in [0.2, 0.25) is 23.6 Å². The predicted molar refractivity (Wildman–Crippen MR) is 130 cm³/mol. The fraction of sp³-hybridized carbons (Fsp3) is 0.250. The Balaban J connectivity index is 0.000000360. The molecule has 0 aliphatic heterocycles. The van der Waals surface area contributed by atoms with E-state index in [1.807, 2.05) is 0 Å². The second-order valence-corrected chi connectivity index (χ2v) is 7.42. The molecular formula is C24H28N4O8. The quantitative estimate of drug-likeness (QED) is 0.280. The molecule has 36 heavy (non-hydrogen) atoms. The maximum Gasteiger partial charge on any atom is 0.326 e. The average molecular weight is 501 g/mol. The van der Waals surface area contributed by atoms with Crippen molar-refractivity contribution in [1.82, 2.24) is 10.6 Å². The summed E-state index contributed by atoms with van der Waals surface area (Å²) >= 11 is 0. The van der Waals surface area contributed by atoms with Gasteiger partial charge in [-0.05, 0) is 24.3 Å². The summed E-state index contributed by atoms with van der Waals surface area (Å²) in [6, 6.07) is 15.0. The minimum absolute atomic E-state index is 0.316. The molecule has 0 bridgehead atoms. The van der Waals surface area contributed by atoms with Crippen LogP contribution < -0.4 is 21.3 Å². The standard InChI is InChI=1S/2C12H14N2O4/c1-8(15)13-10(7-11(16)17)12(18)14-9-5-3-2-4-6-9;1-8(15)13-10(12(17)18)7-11(16)14-9-5-3-2-4-6-9/h2-6,10H,7H2,1H3,(H,13,15)(H,14,18)(H,16,17);2-6,10H,7H2,1H3,(H,13,15)(H,14,16)(H,17,18). The van der Waals surface area contributed by atoms with E-state index >= 15 is 0 Å². The van der Waals surface area contributed by atoms with Gasteiger partial charge >= 0.3 is 11.9 Å². The Kier molecular flexibility index (Phi) is 12.4. The monoisotopic (exact) mass is 500 g/mol. The summed E-state index contributed by atoms with van der Waals surface area (Å²) in [7, 11) is 0. The van der Waals surface area contributed by atoms with E-state index in [1.165, 1.54) is 13.8 Å². The van der Waals surface area contributed by atoms with Crippen molar-refractivity contribution < 1.29 is 39.0 Å². The summed E-state index contributed by atoms with van der Waals surface area (Å²) in [5, 5.41) is 27.1. The minimum atomic E-state index is -1.24. The molecule has 0 spiro atoms. The molecule has 12 nitrogen and oxygen atoms in total. The smallest absolute Gasteiger partial charge is 0.326 e. The van der Waals surface area contributed by atoms with Gasteiger partial charge in [-0.2, -0.15) is 0 Å². The SMILES string of the molecule is CC(=O)NC(CC(=O)Nc1ccccc1)C(=O)O.CC(=O)NC(CC(=O)O)C(=O)Nc1ccccc1. The van der Waals surface area contributed by atoms with Crippen molar-refractivity contribution in [2.75, 3.05) is 10.6 Å². The molecule has 2 unspecified atom stereocenters. The van der Waals surface area contributed by atoms with Crippen LogP contribution in [0.4, 0.5) is 11.4 Å². The maximum atomic E-state index is 11.8. The number of benzene rings is 2. The molecule has 0 saturated heterocycles. The molecule has 0 radical (unpaired) electrons. The first-order valence-electron chi connectivity index (χ1n) is 10.7. The Bertz CT molecular complexity index is 1040. The van der Waals surface area contributed by atoms with Gasteiger partial charge in [-0.1, -0.05) is 36.4 Å². The Hall–Kier alpha value is -4.74. The molecular weight excluding hydrogens is 472 g/mol. The lowest BCUT2D eigenvalue weighted by atomic mass is 10.2. The largest absolute Gasteiger partial charge is 0.481 e. The Morgan fingerprint density at radius 3 is 1.53 bits per heavy atom. The van der Waals surface area contributed by atoms with Crippen LogP contribution in [0.3, 0.4) is 0 Å². The van der Waals surface area contributed by atoms with Crippen LogP contribution in [0.25, 0.3) is 0 Å². The predicted octanol–water partition coefficient (Wildman–Crippen LogP) is 1.21. The minimum Gasteiger partial charge on any atom is -0.481 e. The van der Waals surface area contributed by atoms with Crippen LogP contribution in [0, 0.1) is 0 Å². The number of carboxylic acid groups (broad SMARTS) is 2. The van der Waals surface area contributed by atoms with Gasteiger partial charge in [0.15, 0.2) is 0 Å². The van der Waals surface area contributed by atoms with Crippen molar-refractivity contribution >= 4 is 46.9 Å². The van der Waals surface area contributed by atoms with E-state index in [1.54, 1.807) is 60.7 Å². The maximum absolute atomic E-state index is 11.8. The molecule has 2 aromatic carbocycles. The second-order valence-electron chi connectivity index (χ2n) is 7.42. The van der Waals surface area contributed by atoms with Crippen molar-refractivity contribution in [3.63, 3.8) is 0 Å². The van der Waals surface area contributed by atoms with E-state index in [2.05, 4.69) is 21.3 Å². The number of anilines is 2. The van der Waals surface area contributed by atoms with E-state index in [-0.39, 0.29) is 6.42 Å². The Morgan fingerprint density at radius 1 is 0.667 bits per heavy atom. The normalized spacial score (nSPS) is 11.4. The third-order valence-corrected chi connectivity index (χ3v) is 4.24. The summed E-state index contributed by atoms with van der Waals surface area (Å²) in [5.74, 6) is -4.37. The number of carbonyl (C=O) groups is 6. The molecule has 0 fully saturated rings. The van der Waals surface area contributed by atoms with Gasteiger partial charge in [0, 0.05) is 25.2 Å². The molecule has 2 aromatic rings. The van der Waals surface area contributed by atoms with Crippen LogP contribution >= 0.6 is 0 Å². The van der Waals surface area contributed by atoms with Crippen molar-refractivity contribution in [1.29, 1.82) is 0 Å². The number of aliphatic carboxylic acids is 2. The Labute approximate surface area is 207 Å². The highest BCUT2D eigenvalue weighted by atomic mass is 16.4. The first-order valence-corrected chi connectivity index (χ1v) is 10.7. The third kappa shape index (κ3) is 12.5. The summed E-state index contributed by atoms with van der Waals surface area (Å²) in [6.45, 7) is 2.43. The number of hydrogen-bond acceptors (Lipinski definition) is 6. The van der Waals surface area contributed by atoms with E-state index in [9.17, 15) is 28.8 Å². The lowest BCUT2D eigenvalue weighted by Crippen LogP contribution is -2.44. The van der Waals surface area contributed by atoms with Crippen molar-refractivity contribution in [2.24, 2.45) is 0 Å². The first-order chi connectivity index (χ1) is 17.0. The van der Waals surface area contributed by atoms with E-state index in [0.717, 1.165) is 0 Å². The number of carbonyl (C=O) groups excluding carboxylic acids is 4. The van der Waals surface area contributed by atoms with Gasteiger partial charge in [0.25, 0.3) is 0 Å². The fourth-order valence-electron chi connectivity index (χ4n) is 2.74. The molecule has 0 saturated carbocycles. The van der Waals surface area contributed by atoms with Crippen LogP contribution in [0.1, 0.15) is 26.7 Å². The van der Waals surface area contributed by atoms with Gasteiger partial charge in [-0.3, -0.25) is 24.0 Å². The van der Waals surface area contributed by atoms with Gasteiger partial charge < -0.3 is 31.5 Å². The van der Waals surface area contributed by atoms with Crippen LogP contribution in [0.15, 0.2) is 60.7 Å². The lowest BCUT2D eigenvalue weighted by Gasteiger charge is -2.15. The highest BCUT2D eigenvalue weighted by Gasteiger charge is 2.23. The number of amides is 4. The highest BCUT2D eigenvalue weighted by Crippen LogP contribution is 2.07. The number of rotatable bonds is 10. The Morgan fingerprint density at radius 2 is 1.11 bits per heavy atom. The van der Waals surface area contributed by atoms with Crippen LogP contribution in [-0.2, 0) is 28.8 Å². The first kappa shape index (κ1) is 29.3. The van der Waals surface area contributed by atoms with E-state index in [4.69, 9.17) is 10.2 Å². The molecule has 2 atom stereocenters. The number of para-hydroxylation sites is 2. The summed E-state index contributed by atoms with van der Waals surface area (Å²) in [6.07, 6.45) is -0.776. The second kappa shape index (κ2) is 15.2. The van der Waals surface area contributed by atoms with Gasteiger partial charge in [-0.25, -0.2) is 4.79 Å². The molecule has 192 valence electrons. The summed E-state index contributed by atoms with van der Waals surface area (Å²) in [5.41, 5.74) is 1.12. The summed E-state index contributed by atoms with van der Waals surface area (Å²) < 4.78 is 0. The third-order valence-electron chi connectivity index (χ3n) is 4.24. The van der Waals surface area contributed by atoms with Gasteiger partial charge in [0.1, 0.15) is 12.1 Å². The highest BCUT2D eigenvalue weighted by molar-refractivity contribution is 5.99. The number of nitrogens with one attached hydrogen (secondary N) is 4. The molecule has 0 aromatic heterocycles. The molecule has 0 aliphatic rings. The zero-order valence-corrected chi connectivity index (χ0v) is 19.7.